The van der Waals surface area contributed by atoms with Crippen LogP contribution < -0.4 is 22.1 Å². The summed E-state index contributed by atoms with van der Waals surface area (Å²) < 4.78 is 1.88. The molecule has 106 valence electrons. The average Bonchev–Trinajstić information content (AvgIpc) is 2.71. The van der Waals surface area contributed by atoms with Crippen LogP contribution in [0.25, 0.3) is 10.1 Å². The van der Waals surface area contributed by atoms with Crippen LogP contribution in [0.5, 0.6) is 0 Å². The zero-order chi connectivity index (χ0) is 14.7. The van der Waals surface area contributed by atoms with E-state index in [4.69, 9.17) is 11.5 Å². The first-order valence-electron chi connectivity index (χ1n) is 5.78. The number of thiophene rings is 1. The van der Waals surface area contributed by atoms with E-state index in [1.807, 2.05) is 18.2 Å². The fourth-order valence-corrected chi connectivity index (χ4v) is 3.29. The van der Waals surface area contributed by atoms with Gasteiger partial charge in [0.2, 0.25) is 0 Å². The van der Waals surface area contributed by atoms with Crippen LogP contribution in [0.2, 0.25) is 0 Å². The van der Waals surface area contributed by atoms with Gasteiger partial charge in [0.05, 0.1) is 5.69 Å². The number of fused-ring (bicyclic) bond motifs is 1. The van der Waals surface area contributed by atoms with Gasteiger partial charge in [-0.3, -0.25) is 4.79 Å². The quantitative estimate of drug-likeness (QED) is 0.625. The zero-order valence-corrected chi connectivity index (χ0v) is 12.8. The largest absolute Gasteiger partial charge is 0.397 e. The van der Waals surface area contributed by atoms with Crippen LogP contribution >= 0.6 is 27.3 Å². The molecule has 0 saturated carbocycles. The van der Waals surface area contributed by atoms with Crippen molar-refractivity contribution in [1.29, 1.82) is 0 Å². The highest BCUT2D eigenvalue weighted by Gasteiger charge is 2.16. The number of carbonyl (C=O) groups is 2. The first-order valence-corrected chi connectivity index (χ1v) is 7.39. The summed E-state index contributed by atoms with van der Waals surface area (Å²) in [6.07, 6.45) is 0. The normalized spacial score (nSPS) is 10.4. The van der Waals surface area contributed by atoms with E-state index < -0.39 is 6.03 Å². The van der Waals surface area contributed by atoms with E-state index in [1.165, 1.54) is 11.3 Å². The minimum Gasteiger partial charge on any atom is -0.397 e. The molecule has 3 amide bonds. The highest BCUT2D eigenvalue weighted by Crippen LogP contribution is 2.35. The van der Waals surface area contributed by atoms with Crippen LogP contribution in [0.15, 0.2) is 22.7 Å². The molecule has 8 heteroatoms. The molecule has 1 heterocycles. The van der Waals surface area contributed by atoms with Gasteiger partial charge in [0.15, 0.2) is 0 Å². The SMILES string of the molecule is NC(=O)NCCNC(=O)c1sc2cc(Br)ccc2c1N. The Hall–Kier alpha value is -1.80. The second-order valence-corrected chi connectivity index (χ2v) is 6.00. The molecule has 2 aromatic rings. The predicted molar refractivity (Wildman–Crippen MR) is 83.9 cm³/mol. The summed E-state index contributed by atoms with van der Waals surface area (Å²) >= 11 is 4.71. The summed E-state index contributed by atoms with van der Waals surface area (Å²) in [7, 11) is 0. The molecular weight excluding hydrogens is 344 g/mol. The molecule has 0 aliphatic heterocycles. The van der Waals surface area contributed by atoms with Gasteiger partial charge in [0.1, 0.15) is 4.88 Å². The lowest BCUT2D eigenvalue weighted by Crippen LogP contribution is -2.37. The number of nitrogens with one attached hydrogen (secondary N) is 2. The average molecular weight is 357 g/mol. The Balaban J connectivity index is 2.10. The Kier molecular flexibility index (Phi) is 4.46. The van der Waals surface area contributed by atoms with E-state index >= 15 is 0 Å². The van der Waals surface area contributed by atoms with Crippen molar-refractivity contribution in [1.82, 2.24) is 10.6 Å². The third-order valence-corrected chi connectivity index (χ3v) is 4.27. The standard InChI is InChI=1S/C12H13BrN4O2S/c13-6-1-2-7-8(5-6)20-10(9(7)14)11(18)16-3-4-17-12(15)19/h1-2,5H,3-4,14H2,(H,16,18)(H3,15,17,19). The Morgan fingerprint density at radius 1 is 1.25 bits per heavy atom. The third-order valence-electron chi connectivity index (χ3n) is 2.61. The van der Waals surface area contributed by atoms with Crippen molar-refractivity contribution >= 4 is 55.0 Å². The number of benzene rings is 1. The molecule has 0 radical (unpaired) electrons. The van der Waals surface area contributed by atoms with Crippen molar-refractivity contribution < 1.29 is 9.59 Å². The van der Waals surface area contributed by atoms with Gasteiger partial charge in [-0.2, -0.15) is 0 Å². The van der Waals surface area contributed by atoms with Crippen LogP contribution in [0.3, 0.4) is 0 Å². The Labute approximate surface area is 127 Å². The van der Waals surface area contributed by atoms with Gasteiger partial charge in [0, 0.05) is 27.6 Å². The smallest absolute Gasteiger partial charge is 0.312 e. The predicted octanol–water partition coefficient (Wildman–Crippen LogP) is 1.64. The van der Waals surface area contributed by atoms with E-state index in [1.54, 1.807) is 0 Å². The van der Waals surface area contributed by atoms with Crippen LogP contribution in [0.4, 0.5) is 10.5 Å². The van der Waals surface area contributed by atoms with Crippen molar-refractivity contribution in [2.75, 3.05) is 18.8 Å². The highest BCUT2D eigenvalue weighted by molar-refractivity contribution is 9.10. The highest BCUT2D eigenvalue weighted by atomic mass is 79.9. The second kappa shape index (κ2) is 6.10. The molecule has 20 heavy (non-hydrogen) atoms. The van der Waals surface area contributed by atoms with Crippen molar-refractivity contribution in [3.05, 3.63) is 27.5 Å². The fraction of sp³-hybridized carbons (Fsp3) is 0.167. The molecule has 2 rings (SSSR count). The molecule has 1 aromatic heterocycles. The maximum atomic E-state index is 12.0. The van der Waals surface area contributed by atoms with Gasteiger partial charge < -0.3 is 22.1 Å². The minimum atomic E-state index is -0.620. The van der Waals surface area contributed by atoms with Crippen LogP contribution in [-0.2, 0) is 0 Å². The fourth-order valence-electron chi connectivity index (χ4n) is 1.70. The van der Waals surface area contributed by atoms with Crippen molar-refractivity contribution in [3.8, 4) is 0 Å². The molecule has 0 bridgehead atoms. The Bertz CT molecular complexity index is 671. The van der Waals surface area contributed by atoms with Crippen LogP contribution in [0.1, 0.15) is 9.67 Å². The minimum absolute atomic E-state index is 0.258. The number of hydrogen-bond donors (Lipinski definition) is 4. The number of carbonyl (C=O) groups excluding carboxylic acids is 2. The van der Waals surface area contributed by atoms with E-state index in [0.29, 0.717) is 17.1 Å². The van der Waals surface area contributed by atoms with Gasteiger partial charge in [-0.25, -0.2) is 4.79 Å². The van der Waals surface area contributed by atoms with E-state index in [0.717, 1.165) is 14.6 Å². The van der Waals surface area contributed by atoms with Crippen LogP contribution in [0, 0.1) is 0 Å². The van der Waals surface area contributed by atoms with E-state index in [-0.39, 0.29) is 12.5 Å². The summed E-state index contributed by atoms with van der Waals surface area (Å²) in [6, 6.07) is 5.05. The first-order chi connectivity index (χ1) is 9.49. The lowest BCUT2D eigenvalue weighted by Gasteiger charge is -2.04. The summed E-state index contributed by atoms with van der Waals surface area (Å²) in [6.45, 7) is 0.566. The molecule has 0 unspecified atom stereocenters. The first kappa shape index (κ1) is 14.6. The molecule has 0 atom stereocenters. The monoisotopic (exact) mass is 356 g/mol. The number of urea groups is 1. The zero-order valence-electron chi connectivity index (χ0n) is 10.4. The molecule has 1 aromatic carbocycles. The lowest BCUT2D eigenvalue weighted by atomic mass is 10.2. The molecule has 6 N–H and O–H groups in total. The Morgan fingerprint density at radius 2 is 1.95 bits per heavy atom. The second-order valence-electron chi connectivity index (χ2n) is 4.03. The molecule has 0 aliphatic carbocycles. The van der Waals surface area contributed by atoms with E-state index in [2.05, 4.69) is 26.6 Å². The summed E-state index contributed by atoms with van der Waals surface area (Å²) in [5.74, 6) is -0.258. The maximum absolute atomic E-state index is 12.0. The molecule has 0 spiro atoms. The van der Waals surface area contributed by atoms with Crippen LogP contribution in [-0.4, -0.2) is 25.0 Å². The lowest BCUT2D eigenvalue weighted by molar-refractivity contribution is 0.0959. The third kappa shape index (κ3) is 3.20. The Morgan fingerprint density at radius 3 is 2.65 bits per heavy atom. The molecule has 6 nitrogen and oxygen atoms in total. The van der Waals surface area contributed by atoms with Crippen molar-refractivity contribution in [3.63, 3.8) is 0 Å². The van der Waals surface area contributed by atoms with Crippen molar-refractivity contribution in [2.24, 2.45) is 5.73 Å². The number of nitrogen functional groups attached to an aromatic ring is 1. The maximum Gasteiger partial charge on any atom is 0.312 e. The number of halogens is 1. The summed E-state index contributed by atoms with van der Waals surface area (Å²) in [5, 5.41) is 5.93. The van der Waals surface area contributed by atoms with Gasteiger partial charge >= 0.3 is 6.03 Å². The summed E-state index contributed by atoms with van der Waals surface area (Å²) in [4.78, 5) is 23.0. The van der Waals surface area contributed by atoms with E-state index in [9.17, 15) is 9.59 Å². The summed E-state index contributed by atoms with van der Waals surface area (Å²) in [5.41, 5.74) is 11.4. The van der Waals surface area contributed by atoms with Gasteiger partial charge in [-0.15, -0.1) is 11.3 Å². The molecule has 0 saturated heterocycles. The number of amides is 3. The number of nitrogens with two attached hydrogens (primary N) is 2. The number of anilines is 1. The van der Waals surface area contributed by atoms with Gasteiger partial charge in [-0.05, 0) is 12.1 Å². The molecular formula is C12H13BrN4O2S. The molecule has 0 aliphatic rings. The molecule has 0 fully saturated rings. The number of rotatable bonds is 4. The van der Waals surface area contributed by atoms with Gasteiger partial charge in [0.25, 0.3) is 5.91 Å². The van der Waals surface area contributed by atoms with Crippen molar-refractivity contribution in [2.45, 2.75) is 0 Å². The van der Waals surface area contributed by atoms with Gasteiger partial charge in [-0.1, -0.05) is 22.0 Å². The topological polar surface area (TPSA) is 110 Å². The number of primary amides is 1. The number of hydrogen-bond acceptors (Lipinski definition) is 4.